The summed E-state index contributed by atoms with van der Waals surface area (Å²) in [4.78, 5) is 27.4. The van der Waals surface area contributed by atoms with Gasteiger partial charge < -0.3 is 15.5 Å². The number of hydrogen-bond acceptors (Lipinski definition) is 6. The molecule has 1 heterocycles. The second-order valence-corrected chi connectivity index (χ2v) is 7.66. The lowest BCUT2D eigenvalue weighted by molar-refractivity contribution is -0.113. The van der Waals surface area contributed by atoms with Crippen molar-refractivity contribution in [2.75, 3.05) is 11.1 Å². The zero-order valence-corrected chi connectivity index (χ0v) is 14.9. The molecule has 25 heavy (non-hydrogen) atoms. The van der Waals surface area contributed by atoms with Gasteiger partial charge in [-0.1, -0.05) is 23.4 Å². The van der Waals surface area contributed by atoms with Crippen LogP contribution < -0.4 is 5.32 Å². The summed E-state index contributed by atoms with van der Waals surface area (Å²) in [6.07, 6.45) is 0. The normalized spacial score (nSPS) is 10.8. The molecule has 2 aromatic carbocycles. The highest BCUT2D eigenvalue weighted by Gasteiger charge is 2.12. The number of phenols is 1. The Morgan fingerprint density at radius 1 is 1.24 bits per heavy atom. The molecular weight excluding hydrogens is 384 g/mol. The Labute approximate surface area is 155 Å². The van der Waals surface area contributed by atoms with Gasteiger partial charge in [-0.05, 0) is 36.4 Å². The number of carbonyl (C=O) groups is 2. The third kappa shape index (κ3) is 4.22. The minimum Gasteiger partial charge on any atom is -0.507 e. The number of hydrogen-bond donors (Lipinski definition) is 3. The van der Waals surface area contributed by atoms with E-state index < -0.39 is 5.97 Å². The lowest BCUT2D eigenvalue weighted by Gasteiger charge is -2.06. The van der Waals surface area contributed by atoms with Crippen molar-refractivity contribution < 1.29 is 19.8 Å². The maximum Gasteiger partial charge on any atom is 0.339 e. The molecule has 128 valence electrons. The van der Waals surface area contributed by atoms with Gasteiger partial charge in [-0.3, -0.25) is 4.79 Å². The highest BCUT2D eigenvalue weighted by molar-refractivity contribution is 8.01. The monoisotopic (exact) mass is 394 g/mol. The van der Waals surface area contributed by atoms with Crippen LogP contribution >= 0.6 is 34.7 Å². The van der Waals surface area contributed by atoms with Gasteiger partial charge >= 0.3 is 5.97 Å². The first-order valence-electron chi connectivity index (χ1n) is 6.97. The highest BCUT2D eigenvalue weighted by Crippen LogP contribution is 2.31. The number of nitrogens with one attached hydrogen (secondary N) is 1. The van der Waals surface area contributed by atoms with Gasteiger partial charge in [0.1, 0.15) is 11.3 Å². The number of thioether (sulfide) groups is 1. The van der Waals surface area contributed by atoms with E-state index in [1.165, 1.54) is 41.3 Å². The van der Waals surface area contributed by atoms with Crippen LogP contribution in [0.3, 0.4) is 0 Å². The van der Waals surface area contributed by atoms with E-state index in [1.807, 2.05) is 6.07 Å². The van der Waals surface area contributed by atoms with Crippen molar-refractivity contribution in [2.45, 2.75) is 4.34 Å². The number of anilines is 1. The first kappa shape index (κ1) is 17.5. The van der Waals surface area contributed by atoms with Crippen molar-refractivity contribution in [3.8, 4) is 5.75 Å². The Kier molecular flexibility index (Phi) is 5.12. The zero-order valence-electron chi connectivity index (χ0n) is 12.5. The third-order valence-electron chi connectivity index (χ3n) is 3.17. The van der Waals surface area contributed by atoms with Crippen molar-refractivity contribution in [3.05, 3.63) is 47.0 Å². The van der Waals surface area contributed by atoms with Crippen molar-refractivity contribution in [1.29, 1.82) is 0 Å². The van der Waals surface area contributed by atoms with Gasteiger partial charge in [-0.2, -0.15) is 0 Å². The number of aromatic hydroxyl groups is 1. The second-order valence-electron chi connectivity index (χ2n) is 4.97. The molecule has 6 nitrogen and oxygen atoms in total. The number of carboxylic acid groups (broad SMARTS) is 1. The fourth-order valence-electron chi connectivity index (χ4n) is 2.05. The molecule has 1 aromatic heterocycles. The predicted octanol–water partition coefficient (Wildman–Crippen LogP) is 4.08. The summed E-state index contributed by atoms with van der Waals surface area (Å²) in [7, 11) is 0. The molecule has 3 N–H and O–H groups in total. The van der Waals surface area contributed by atoms with Crippen LogP contribution in [0.25, 0.3) is 10.2 Å². The molecule has 3 rings (SSSR count). The van der Waals surface area contributed by atoms with Crippen LogP contribution in [0.4, 0.5) is 5.69 Å². The highest BCUT2D eigenvalue weighted by atomic mass is 35.5. The Morgan fingerprint density at radius 3 is 2.80 bits per heavy atom. The predicted molar refractivity (Wildman–Crippen MR) is 99.0 cm³/mol. The lowest BCUT2D eigenvalue weighted by Crippen LogP contribution is -2.14. The number of halogens is 1. The first-order valence-corrected chi connectivity index (χ1v) is 9.15. The molecule has 0 fully saturated rings. The van der Waals surface area contributed by atoms with Crippen LogP contribution in [0.1, 0.15) is 10.4 Å². The second kappa shape index (κ2) is 7.30. The number of aromatic carboxylic acids is 1. The molecule has 9 heteroatoms. The van der Waals surface area contributed by atoms with Crippen LogP contribution in [0.2, 0.25) is 5.02 Å². The average Bonchev–Trinajstić information content (AvgIpc) is 2.96. The van der Waals surface area contributed by atoms with Gasteiger partial charge in [-0.15, -0.1) is 11.3 Å². The number of amides is 1. The van der Waals surface area contributed by atoms with Gasteiger partial charge in [0.2, 0.25) is 5.91 Å². The van der Waals surface area contributed by atoms with E-state index >= 15 is 0 Å². The molecule has 0 saturated carbocycles. The molecule has 0 radical (unpaired) electrons. The fourth-order valence-corrected chi connectivity index (χ4v) is 4.07. The van der Waals surface area contributed by atoms with Gasteiger partial charge in [0.05, 0.1) is 16.0 Å². The number of benzene rings is 2. The van der Waals surface area contributed by atoms with Crippen molar-refractivity contribution in [2.24, 2.45) is 0 Å². The number of fused-ring (bicyclic) bond motifs is 1. The average molecular weight is 395 g/mol. The Balaban J connectivity index is 1.64. The van der Waals surface area contributed by atoms with Crippen LogP contribution in [-0.2, 0) is 4.79 Å². The SMILES string of the molecule is O=C(CSc1nc2cc(Cl)ccc2s1)Nc1ccc(O)c(C(=O)O)c1. The van der Waals surface area contributed by atoms with Crippen LogP contribution in [0.15, 0.2) is 40.7 Å². The summed E-state index contributed by atoms with van der Waals surface area (Å²) >= 11 is 8.67. The first-order chi connectivity index (χ1) is 11.9. The van der Waals surface area contributed by atoms with Crippen LogP contribution in [-0.4, -0.2) is 32.8 Å². The number of nitrogens with zero attached hydrogens (tertiary/aromatic N) is 1. The van der Waals surface area contributed by atoms with Gasteiger partial charge in [0.25, 0.3) is 0 Å². The molecule has 0 atom stereocenters. The molecule has 0 aliphatic heterocycles. The summed E-state index contributed by atoms with van der Waals surface area (Å²) < 4.78 is 1.72. The fraction of sp³-hybridized carbons (Fsp3) is 0.0625. The minimum absolute atomic E-state index is 0.122. The van der Waals surface area contributed by atoms with Crippen molar-refractivity contribution >= 4 is 62.5 Å². The van der Waals surface area contributed by atoms with E-state index in [-0.39, 0.29) is 23.0 Å². The smallest absolute Gasteiger partial charge is 0.339 e. The Hall–Kier alpha value is -2.29. The Morgan fingerprint density at radius 2 is 2.04 bits per heavy atom. The van der Waals surface area contributed by atoms with Gasteiger partial charge in [-0.25, -0.2) is 9.78 Å². The molecule has 0 spiro atoms. The topological polar surface area (TPSA) is 99.5 Å². The molecule has 1 amide bonds. The minimum atomic E-state index is -1.27. The number of rotatable bonds is 5. The largest absolute Gasteiger partial charge is 0.507 e. The lowest BCUT2D eigenvalue weighted by atomic mass is 10.2. The van der Waals surface area contributed by atoms with Crippen LogP contribution in [0, 0.1) is 0 Å². The number of thiazole rings is 1. The van der Waals surface area contributed by atoms with Crippen LogP contribution in [0.5, 0.6) is 5.75 Å². The summed E-state index contributed by atoms with van der Waals surface area (Å²) in [6, 6.07) is 9.30. The molecule has 0 aliphatic carbocycles. The van der Waals surface area contributed by atoms with Crippen molar-refractivity contribution in [1.82, 2.24) is 4.98 Å². The molecular formula is C16H11ClN2O4S2. The summed E-state index contributed by atoms with van der Waals surface area (Å²) in [5.41, 5.74) is 0.815. The van der Waals surface area contributed by atoms with E-state index in [2.05, 4.69) is 10.3 Å². The van der Waals surface area contributed by atoms with E-state index in [0.717, 1.165) is 14.6 Å². The summed E-state index contributed by atoms with van der Waals surface area (Å²) in [6.45, 7) is 0. The van der Waals surface area contributed by atoms with Gasteiger partial charge in [0.15, 0.2) is 4.34 Å². The third-order valence-corrected chi connectivity index (χ3v) is 5.58. The summed E-state index contributed by atoms with van der Waals surface area (Å²) in [5, 5.41) is 21.6. The van der Waals surface area contributed by atoms with Crippen molar-refractivity contribution in [3.63, 3.8) is 0 Å². The van der Waals surface area contributed by atoms with E-state index in [9.17, 15) is 14.7 Å². The maximum absolute atomic E-state index is 12.0. The maximum atomic E-state index is 12.0. The molecule has 0 unspecified atom stereocenters. The quantitative estimate of drug-likeness (QED) is 0.445. The molecule has 0 aliphatic rings. The zero-order chi connectivity index (χ0) is 18.0. The Bertz CT molecular complexity index is 974. The molecule has 3 aromatic rings. The summed E-state index contributed by atoms with van der Waals surface area (Å²) in [5.74, 6) is -1.80. The molecule has 0 bridgehead atoms. The van der Waals surface area contributed by atoms with E-state index in [0.29, 0.717) is 10.7 Å². The number of carbonyl (C=O) groups excluding carboxylic acids is 1. The number of aromatic nitrogens is 1. The number of carboxylic acids is 1. The molecule has 0 saturated heterocycles. The standard InChI is InChI=1S/C16H11ClN2O4S2/c17-8-1-4-13-11(5-8)19-16(25-13)24-7-14(21)18-9-2-3-12(20)10(6-9)15(22)23/h1-6,20H,7H2,(H,18,21)(H,22,23). The van der Waals surface area contributed by atoms with E-state index in [4.69, 9.17) is 16.7 Å². The van der Waals surface area contributed by atoms with Gasteiger partial charge in [0, 0.05) is 10.7 Å². The van der Waals surface area contributed by atoms with E-state index in [1.54, 1.807) is 12.1 Å².